The fourth-order valence-electron chi connectivity index (χ4n) is 0.963. The van der Waals surface area contributed by atoms with E-state index in [-0.39, 0.29) is 16.7 Å². The Morgan fingerprint density at radius 3 is 2.00 bits per heavy atom. The fraction of sp³-hybridized carbons (Fsp3) is 0.538. The van der Waals surface area contributed by atoms with E-state index >= 15 is 0 Å². The number of alkyl halides is 3. The lowest BCUT2D eigenvalue weighted by molar-refractivity contribution is -0.0328. The molecule has 4 heteroatoms. The molecule has 0 aliphatic rings. The molecule has 1 rings (SSSR count). The van der Waals surface area contributed by atoms with Crippen LogP contribution in [0.4, 0.5) is 13.2 Å². The van der Waals surface area contributed by atoms with Crippen molar-refractivity contribution in [3.8, 4) is 0 Å². The van der Waals surface area contributed by atoms with Crippen LogP contribution in [-0.2, 0) is 6.42 Å². The maximum Gasteiger partial charge on any atom is 0.446 e. The van der Waals surface area contributed by atoms with Gasteiger partial charge in [-0.15, -0.1) is 0 Å². The van der Waals surface area contributed by atoms with Gasteiger partial charge in [-0.1, -0.05) is 46.8 Å². The second kappa shape index (κ2) is 10.5. The Morgan fingerprint density at radius 2 is 1.59 bits per heavy atom. The van der Waals surface area contributed by atoms with Gasteiger partial charge in [-0.05, 0) is 35.9 Å². The van der Waals surface area contributed by atoms with Crippen molar-refractivity contribution in [3.05, 3.63) is 29.8 Å². The zero-order chi connectivity index (χ0) is 13.9. The third-order valence-electron chi connectivity index (χ3n) is 1.54. The van der Waals surface area contributed by atoms with Gasteiger partial charge in [-0.25, -0.2) is 0 Å². The molecule has 0 saturated heterocycles. The summed E-state index contributed by atoms with van der Waals surface area (Å²) in [4.78, 5) is 0.256. The average molecular weight is 266 g/mol. The second-order valence-corrected chi connectivity index (χ2v) is 3.69. The minimum Gasteiger partial charge on any atom is -0.160 e. The summed E-state index contributed by atoms with van der Waals surface area (Å²) in [7, 11) is 0. The van der Waals surface area contributed by atoms with Gasteiger partial charge in [0.25, 0.3) is 0 Å². The van der Waals surface area contributed by atoms with Crippen LogP contribution in [0.3, 0.4) is 0 Å². The average Bonchev–Trinajstić information content (AvgIpc) is 2.32. The zero-order valence-corrected chi connectivity index (χ0v) is 11.9. The summed E-state index contributed by atoms with van der Waals surface area (Å²) in [5.74, 6) is 0. The molecule has 0 aromatic heterocycles. The molecule has 0 aliphatic heterocycles. The first kappa shape index (κ1) is 18.7. The fourth-order valence-corrected chi connectivity index (χ4v) is 1.59. The molecule has 0 saturated carbocycles. The molecule has 1 aromatic rings. The lowest BCUT2D eigenvalue weighted by atomic mass is 10.2. The van der Waals surface area contributed by atoms with Crippen LogP contribution < -0.4 is 0 Å². The highest BCUT2D eigenvalue weighted by molar-refractivity contribution is 8.00. The normalized spacial score (nSPS) is 9.65. The number of aryl methyl sites for hydroxylation is 1. The molecule has 100 valence electrons. The summed E-state index contributed by atoms with van der Waals surface area (Å²) in [6, 6.07) is 6.50. The Morgan fingerprint density at radius 1 is 1.06 bits per heavy atom. The molecule has 17 heavy (non-hydrogen) atoms. The highest BCUT2D eigenvalue weighted by Gasteiger charge is 2.28. The lowest BCUT2D eigenvalue weighted by Crippen LogP contribution is -1.99. The molecule has 0 unspecified atom stereocenters. The van der Waals surface area contributed by atoms with E-state index in [1.165, 1.54) is 6.07 Å². The summed E-state index contributed by atoms with van der Waals surface area (Å²) in [6.45, 7) is 9.91. The SMILES string of the molecule is CC.CC.CCc1cccc(SC(F)(F)F)c1. The van der Waals surface area contributed by atoms with Crippen LogP contribution in [0.25, 0.3) is 0 Å². The Kier molecular flexibility index (Phi) is 11.6. The summed E-state index contributed by atoms with van der Waals surface area (Å²) in [5, 5.41) is 0. The van der Waals surface area contributed by atoms with Gasteiger partial charge in [0.05, 0.1) is 0 Å². The largest absolute Gasteiger partial charge is 0.446 e. The molecule has 0 radical (unpaired) electrons. The third kappa shape index (κ3) is 10.2. The second-order valence-electron chi connectivity index (χ2n) is 2.55. The van der Waals surface area contributed by atoms with Gasteiger partial charge in [0, 0.05) is 4.90 Å². The number of hydrogen-bond acceptors (Lipinski definition) is 1. The number of thioether (sulfide) groups is 1. The minimum atomic E-state index is -4.19. The van der Waals surface area contributed by atoms with Crippen LogP contribution in [0.5, 0.6) is 0 Å². The summed E-state index contributed by atoms with van der Waals surface area (Å²) >= 11 is -0.0697. The number of rotatable bonds is 2. The third-order valence-corrected chi connectivity index (χ3v) is 2.26. The monoisotopic (exact) mass is 266 g/mol. The Balaban J connectivity index is 0. The first-order valence-electron chi connectivity index (χ1n) is 5.86. The van der Waals surface area contributed by atoms with E-state index in [1.807, 2.05) is 40.7 Å². The van der Waals surface area contributed by atoms with E-state index in [9.17, 15) is 13.2 Å². The van der Waals surface area contributed by atoms with Crippen molar-refractivity contribution < 1.29 is 13.2 Å². The summed E-state index contributed by atoms with van der Waals surface area (Å²) in [6.07, 6.45) is 0.756. The van der Waals surface area contributed by atoms with Crippen LogP contribution in [0.15, 0.2) is 29.2 Å². The van der Waals surface area contributed by atoms with Crippen molar-refractivity contribution in [1.82, 2.24) is 0 Å². The van der Waals surface area contributed by atoms with Crippen molar-refractivity contribution >= 4 is 11.8 Å². The van der Waals surface area contributed by atoms with Gasteiger partial charge in [-0.3, -0.25) is 0 Å². The molecule has 0 fully saturated rings. The van der Waals surface area contributed by atoms with E-state index in [4.69, 9.17) is 0 Å². The lowest BCUT2D eigenvalue weighted by Gasteiger charge is -2.06. The number of halogens is 3. The van der Waals surface area contributed by atoms with E-state index in [0.717, 1.165) is 12.0 Å². The molecule has 0 bridgehead atoms. The standard InChI is InChI=1S/C9H9F3S.2C2H6/c1-2-7-4-3-5-8(6-7)13-9(10,11)12;2*1-2/h3-6H,2H2,1H3;2*1-2H3. The first-order valence-corrected chi connectivity index (χ1v) is 6.67. The first-order chi connectivity index (χ1) is 8.01. The van der Waals surface area contributed by atoms with Crippen LogP contribution >= 0.6 is 11.8 Å². The van der Waals surface area contributed by atoms with Crippen molar-refractivity contribution in [2.45, 2.75) is 51.4 Å². The van der Waals surface area contributed by atoms with Gasteiger partial charge in [0.15, 0.2) is 0 Å². The van der Waals surface area contributed by atoms with Gasteiger partial charge in [0.1, 0.15) is 0 Å². The van der Waals surface area contributed by atoms with E-state index in [0.29, 0.717) is 0 Å². The van der Waals surface area contributed by atoms with Crippen LogP contribution in [-0.4, -0.2) is 5.51 Å². The molecule has 0 amide bonds. The smallest absolute Gasteiger partial charge is 0.160 e. The summed E-state index contributed by atoms with van der Waals surface area (Å²) < 4.78 is 35.8. The van der Waals surface area contributed by atoms with Gasteiger partial charge in [-0.2, -0.15) is 13.2 Å². The molecule has 1 aromatic carbocycles. The molecule has 0 aliphatic carbocycles. The predicted molar refractivity (Wildman–Crippen MR) is 70.4 cm³/mol. The molecule has 0 atom stereocenters. The summed E-state index contributed by atoms with van der Waals surface area (Å²) in [5.41, 5.74) is -3.26. The molecule has 0 spiro atoms. The highest BCUT2D eigenvalue weighted by atomic mass is 32.2. The van der Waals surface area contributed by atoms with Crippen molar-refractivity contribution in [2.75, 3.05) is 0 Å². The van der Waals surface area contributed by atoms with Crippen LogP contribution in [0.1, 0.15) is 40.2 Å². The van der Waals surface area contributed by atoms with Gasteiger partial charge >= 0.3 is 5.51 Å². The molecule has 0 N–H and O–H groups in total. The van der Waals surface area contributed by atoms with Crippen molar-refractivity contribution in [2.24, 2.45) is 0 Å². The molecule has 0 heterocycles. The maximum absolute atomic E-state index is 11.9. The van der Waals surface area contributed by atoms with Crippen molar-refractivity contribution in [3.63, 3.8) is 0 Å². The topological polar surface area (TPSA) is 0 Å². The van der Waals surface area contributed by atoms with Gasteiger partial charge in [0.2, 0.25) is 0 Å². The van der Waals surface area contributed by atoms with E-state index in [2.05, 4.69) is 0 Å². The molecular formula is C13H21F3S. The maximum atomic E-state index is 11.9. The quantitative estimate of drug-likeness (QED) is 0.599. The zero-order valence-electron chi connectivity index (χ0n) is 11.1. The van der Waals surface area contributed by atoms with Gasteiger partial charge < -0.3 is 0 Å². The van der Waals surface area contributed by atoms with Crippen LogP contribution in [0.2, 0.25) is 0 Å². The predicted octanol–water partition coefficient (Wildman–Crippen LogP) is 5.91. The minimum absolute atomic E-state index is 0.0697. The molecule has 0 nitrogen and oxygen atoms in total. The highest BCUT2D eigenvalue weighted by Crippen LogP contribution is 2.36. The van der Waals surface area contributed by atoms with E-state index in [1.54, 1.807) is 12.1 Å². The van der Waals surface area contributed by atoms with E-state index < -0.39 is 5.51 Å². The molecular weight excluding hydrogens is 245 g/mol. The number of benzene rings is 1. The number of hydrogen-bond donors (Lipinski definition) is 0. The Bertz CT molecular complexity index is 282. The Hall–Kier alpha value is -0.640. The van der Waals surface area contributed by atoms with Crippen molar-refractivity contribution in [1.29, 1.82) is 0 Å². The Labute approximate surface area is 107 Å². The van der Waals surface area contributed by atoms with Crippen LogP contribution in [0, 0.1) is 0 Å².